The molecule has 2 heterocycles. The molecule has 0 atom stereocenters. The second-order valence-corrected chi connectivity index (χ2v) is 10.1. The number of piperidine rings is 2. The summed E-state index contributed by atoms with van der Waals surface area (Å²) in [4.78, 5) is 27.5. The van der Waals surface area contributed by atoms with Crippen LogP contribution in [0.4, 0.5) is 0 Å². The maximum atomic E-state index is 13.1. The number of hydrogen-bond donors (Lipinski definition) is 1. The highest BCUT2D eigenvalue weighted by Crippen LogP contribution is 2.32. The first kappa shape index (κ1) is 20.0. The van der Waals surface area contributed by atoms with E-state index in [1.54, 1.807) is 4.90 Å². The van der Waals surface area contributed by atoms with Crippen molar-refractivity contribution in [1.82, 2.24) is 10.2 Å². The monoisotopic (exact) mass is 392 g/mol. The molecule has 0 bridgehead atoms. The predicted molar refractivity (Wildman–Crippen MR) is 104 cm³/mol. The molecule has 7 heteroatoms. The molecule has 1 aromatic carbocycles. The van der Waals surface area contributed by atoms with Crippen molar-refractivity contribution in [2.75, 3.05) is 32.4 Å². The molecule has 2 saturated heterocycles. The third-order valence-electron chi connectivity index (χ3n) is 6.00. The van der Waals surface area contributed by atoms with E-state index in [0.717, 1.165) is 5.56 Å². The van der Waals surface area contributed by atoms with Crippen LogP contribution in [0.2, 0.25) is 0 Å². The SMILES string of the molecule is Cc1ccc(C(=O)C2CCN(C(=O)C3(S(C)(=O)=O)CCNCC3)CC2)cc1. The van der Waals surface area contributed by atoms with Crippen molar-refractivity contribution < 1.29 is 18.0 Å². The molecule has 1 amide bonds. The van der Waals surface area contributed by atoms with Gasteiger partial charge in [0, 0.05) is 30.8 Å². The van der Waals surface area contributed by atoms with Crippen molar-refractivity contribution >= 4 is 21.5 Å². The summed E-state index contributed by atoms with van der Waals surface area (Å²) in [7, 11) is -3.51. The second kappa shape index (κ2) is 7.72. The zero-order valence-corrected chi connectivity index (χ0v) is 16.8. The lowest BCUT2D eigenvalue weighted by molar-refractivity contribution is -0.136. The smallest absolute Gasteiger partial charge is 0.244 e. The van der Waals surface area contributed by atoms with Crippen LogP contribution in [0.5, 0.6) is 0 Å². The Kier molecular flexibility index (Phi) is 5.72. The average molecular weight is 393 g/mol. The quantitative estimate of drug-likeness (QED) is 0.787. The normalized spacial score (nSPS) is 21.0. The number of nitrogens with zero attached hydrogens (tertiary/aromatic N) is 1. The van der Waals surface area contributed by atoms with Gasteiger partial charge in [-0.25, -0.2) is 8.42 Å². The van der Waals surface area contributed by atoms with E-state index < -0.39 is 14.6 Å². The average Bonchev–Trinajstić information content (AvgIpc) is 2.67. The van der Waals surface area contributed by atoms with Gasteiger partial charge in [-0.05, 0) is 45.7 Å². The van der Waals surface area contributed by atoms with Crippen LogP contribution in [-0.2, 0) is 14.6 Å². The predicted octanol–water partition coefficient (Wildman–Crippen LogP) is 1.58. The van der Waals surface area contributed by atoms with E-state index in [2.05, 4.69) is 5.32 Å². The number of sulfone groups is 1. The van der Waals surface area contributed by atoms with Crippen LogP contribution >= 0.6 is 0 Å². The van der Waals surface area contributed by atoms with Gasteiger partial charge in [-0.15, -0.1) is 0 Å². The van der Waals surface area contributed by atoms with Crippen LogP contribution in [0.25, 0.3) is 0 Å². The Labute approximate surface area is 161 Å². The van der Waals surface area contributed by atoms with Crippen molar-refractivity contribution in [3.8, 4) is 0 Å². The van der Waals surface area contributed by atoms with E-state index in [0.29, 0.717) is 57.4 Å². The Hall–Kier alpha value is -1.73. The molecule has 0 aliphatic carbocycles. The van der Waals surface area contributed by atoms with Crippen LogP contribution in [0, 0.1) is 12.8 Å². The molecule has 6 nitrogen and oxygen atoms in total. The summed E-state index contributed by atoms with van der Waals surface area (Å²) >= 11 is 0. The summed E-state index contributed by atoms with van der Waals surface area (Å²) in [6, 6.07) is 7.56. The minimum atomic E-state index is -3.51. The lowest BCUT2D eigenvalue weighted by Crippen LogP contribution is -2.59. The van der Waals surface area contributed by atoms with Gasteiger partial charge in [-0.1, -0.05) is 29.8 Å². The number of carbonyl (C=O) groups is 2. The fourth-order valence-electron chi connectivity index (χ4n) is 4.16. The Bertz CT molecular complexity index is 803. The summed E-state index contributed by atoms with van der Waals surface area (Å²) < 4.78 is 23.6. The molecular formula is C20H28N2O4S. The van der Waals surface area contributed by atoms with Crippen molar-refractivity contribution in [1.29, 1.82) is 0 Å². The summed E-state index contributed by atoms with van der Waals surface area (Å²) in [6.07, 6.45) is 2.96. The van der Waals surface area contributed by atoms with E-state index in [9.17, 15) is 18.0 Å². The number of Topliss-reactive ketones (excluding diaryl/α,β-unsaturated/α-hetero) is 1. The first-order valence-corrected chi connectivity index (χ1v) is 11.4. The summed E-state index contributed by atoms with van der Waals surface area (Å²) in [5.74, 6) is -0.284. The zero-order valence-electron chi connectivity index (χ0n) is 16.0. The maximum absolute atomic E-state index is 13.1. The molecule has 2 aliphatic rings. The van der Waals surface area contributed by atoms with Gasteiger partial charge in [0.15, 0.2) is 20.4 Å². The van der Waals surface area contributed by atoms with E-state index in [4.69, 9.17) is 0 Å². The minimum Gasteiger partial charge on any atom is -0.341 e. The highest BCUT2D eigenvalue weighted by atomic mass is 32.2. The largest absolute Gasteiger partial charge is 0.341 e. The standard InChI is InChI=1S/C20H28N2O4S/c1-15-3-5-16(6-4-15)18(23)17-7-13-22(14-8-17)19(24)20(27(2,25)26)9-11-21-12-10-20/h3-6,17,21H,7-14H2,1-2H3. The molecule has 1 N–H and O–H groups in total. The first-order chi connectivity index (χ1) is 12.7. The van der Waals surface area contributed by atoms with Crippen LogP contribution in [0.1, 0.15) is 41.6 Å². The highest BCUT2D eigenvalue weighted by Gasteiger charge is 2.50. The molecule has 0 saturated carbocycles. The number of carbonyl (C=O) groups excluding carboxylic acids is 2. The Morgan fingerprint density at radius 3 is 2.15 bits per heavy atom. The molecule has 0 unspecified atom stereocenters. The maximum Gasteiger partial charge on any atom is 0.244 e. The number of rotatable bonds is 4. The van der Waals surface area contributed by atoms with Crippen molar-refractivity contribution in [2.45, 2.75) is 37.4 Å². The molecule has 2 fully saturated rings. The highest BCUT2D eigenvalue weighted by molar-refractivity contribution is 7.92. The van der Waals surface area contributed by atoms with Crippen LogP contribution in [-0.4, -0.2) is 62.2 Å². The fourth-order valence-corrected chi connectivity index (χ4v) is 5.55. The van der Waals surface area contributed by atoms with Gasteiger partial charge >= 0.3 is 0 Å². The molecule has 3 rings (SSSR count). The number of likely N-dealkylation sites (tertiary alicyclic amines) is 1. The molecular weight excluding hydrogens is 364 g/mol. The van der Waals surface area contributed by atoms with Crippen molar-refractivity contribution in [3.63, 3.8) is 0 Å². The third kappa shape index (κ3) is 3.94. The summed E-state index contributed by atoms with van der Waals surface area (Å²) in [5, 5.41) is 3.13. The van der Waals surface area contributed by atoms with Gasteiger partial charge in [0.05, 0.1) is 0 Å². The third-order valence-corrected chi connectivity index (χ3v) is 8.00. The van der Waals surface area contributed by atoms with E-state index in [1.807, 2.05) is 31.2 Å². The second-order valence-electron chi connectivity index (χ2n) is 7.81. The van der Waals surface area contributed by atoms with E-state index in [-0.39, 0.29) is 17.6 Å². The molecule has 0 radical (unpaired) electrons. The lowest BCUT2D eigenvalue weighted by atomic mass is 9.87. The number of ketones is 1. The molecule has 148 valence electrons. The molecule has 27 heavy (non-hydrogen) atoms. The fraction of sp³-hybridized carbons (Fsp3) is 0.600. The van der Waals surface area contributed by atoms with Crippen molar-refractivity contribution in [3.05, 3.63) is 35.4 Å². The summed E-state index contributed by atoms with van der Waals surface area (Å²) in [6.45, 7) is 3.91. The zero-order chi connectivity index (χ0) is 19.7. The lowest BCUT2D eigenvalue weighted by Gasteiger charge is -2.40. The van der Waals surface area contributed by atoms with Gasteiger partial charge in [-0.3, -0.25) is 9.59 Å². The van der Waals surface area contributed by atoms with Gasteiger partial charge in [0.1, 0.15) is 0 Å². The number of hydrogen-bond acceptors (Lipinski definition) is 5. The van der Waals surface area contributed by atoms with Crippen LogP contribution in [0.3, 0.4) is 0 Å². The van der Waals surface area contributed by atoms with E-state index >= 15 is 0 Å². The van der Waals surface area contributed by atoms with Gasteiger partial charge in [-0.2, -0.15) is 0 Å². The minimum absolute atomic E-state index is 0.112. The van der Waals surface area contributed by atoms with Gasteiger partial charge in [0.25, 0.3) is 0 Å². The molecule has 0 aromatic heterocycles. The molecule has 0 spiro atoms. The molecule has 1 aromatic rings. The van der Waals surface area contributed by atoms with Gasteiger partial charge < -0.3 is 10.2 Å². The Morgan fingerprint density at radius 2 is 1.63 bits per heavy atom. The first-order valence-electron chi connectivity index (χ1n) is 9.55. The number of benzene rings is 1. The summed E-state index contributed by atoms with van der Waals surface area (Å²) in [5.41, 5.74) is 1.82. The Morgan fingerprint density at radius 1 is 1.07 bits per heavy atom. The Balaban J connectivity index is 1.68. The van der Waals surface area contributed by atoms with Gasteiger partial charge in [0.2, 0.25) is 5.91 Å². The van der Waals surface area contributed by atoms with Crippen LogP contribution < -0.4 is 5.32 Å². The molecule has 2 aliphatic heterocycles. The van der Waals surface area contributed by atoms with Crippen LogP contribution in [0.15, 0.2) is 24.3 Å². The topological polar surface area (TPSA) is 83.6 Å². The number of aryl methyl sites for hydroxylation is 1. The number of amides is 1. The van der Waals surface area contributed by atoms with E-state index in [1.165, 1.54) is 6.26 Å². The van der Waals surface area contributed by atoms with Crippen molar-refractivity contribution in [2.24, 2.45) is 5.92 Å². The number of nitrogens with one attached hydrogen (secondary N) is 1.